The van der Waals surface area contributed by atoms with Gasteiger partial charge >= 0.3 is 0 Å². The Balaban J connectivity index is 1.38. The highest BCUT2D eigenvalue weighted by Gasteiger charge is 2.30. The number of amides is 1. The van der Waals surface area contributed by atoms with Gasteiger partial charge in [0.05, 0.1) is 31.6 Å². The van der Waals surface area contributed by atoms with Crippen LogP contribution >= 0.6 is 11.3 Å². The molecule has 2 aliphatic rings. The molecule has 4 heterocycles. The third-order valence-electron chi connectivity index (χ3n) is 5.31. The molecule has 0 saturated carbocycles. The van der Waals surface area contributed by atoms with Crippen molar-refractivity contribution in [3.05, 3.63) is 29.3 Å². The van der Waals surface area contributed by atoms with E-state index in [4.69, 9.17) is 4.74 Å². The summed E-state index contributed by atoms with van der Waals surface area (Å²) in [7, 11) is -3.56. The number of thiophene rings is 1. The van der Waals surface area contributed by atoms with Gasteiger partial charge in [-0.1, -0.05) is 0 Å². The van der Waals surface area contributed by atoms with Crippen molar-refractivity contribution in [2.45, 2.75) is 17.7 Å². The van der Waals surface area contributed by atoms with Gasteiger partial charge in [0.15, 0.2) is 5.82 Å². The van der Waals surface area contributed by atoms with E-state index in [1.807, 2.05) is 6.07 Å². The molecule has 2 fully saturated rings. The van der Waals surface area contributed by atoms with Gasteiger partial charge in [0.2, 0.25) is 5.91 Å². The van der Waals surface area contributed by atoms with E-state index < -0.39 is 10.0 Å². The summed E-state index contributed by atoms with van der Waals surface area (Å²) >= 11 is 1.19. The zero-order valence-electron chi connectivity index (χ0n) is 17.4. The quantitative estimate of drug-likeness (QED) is 0.657. The SMILES string of the molecule is CC(=O)NCc1ccc(S(=O)(=O)N2CCN(c3cc(N4CCOCC4)cnn3)CC2)s1. The van der Waals surface area contributed by atoms with E-state index in [-0.39, 0.29) is 5.91 Å². The van der Waals surface area contributed by atoms with E-state index in [2.05, 4.69) is 25.3 Å². The minimum absolute atomic E-state index is 0.144. The molecule has 2 aromatic rings. The molecule has 0 radical (unpaired) electrons. The summed E-state index contributed by atoms with van der Waals surface area (Å²) in [6, 6.07) is 5.37. The first-order chi connectivity index (χ1) is 14.9. The Morgan fingerprint density at radius 2 is 1.87 bits per heavy atom. The molecule has 0 aliphatic carbocycles. The van der Waals surface area contributed by atoms with Crippen molar-refractivity contribution < 1.29 is 17.9 Å². The molecule has 1 amide bonds. The summed E-state index contributed by atoms with van der Waals surface area (Å²) in [5.74, 6) is 0.615. The van der Waals surface area contributed by atoms with Crippen molar-refractivity contribution >= 4 is 38.8 Å². The number of morpholine rings is 1. The third-order valence-corrected chi connectivity index (χ3v) is 8.76. The second kappa shape index (κ2) is 9.47. The highest BCUT2D eigenvalue weighted by molar-refractivity contribution is 7.91. The third kappa shape index (κ3) is 5.14. The van der Waals surface area contributed by atoms with Gasteiger partial charge in [-0.25, -0.2) is 8.42 Å². The fraction of sp³-hybridized carbons (Fsp3) is 0.526. The second-order valence-electron chi connectivity index (χ2n) is 7.39. The number of sulfonamides is 1. The highest BCUT2D eigenvalue weighted by atomic mass is 32.2. The molecule has 0 bridgehead atoms. The molecule has 0 unspecified atom stereocenters. The molecule has 4 rings (SSSR count). The van der Waals surface area contributed by atoms with Crippen LogP contribution in [-0.4, -0.2) is 81.3 Å². The van der Waals surface area contributed by atoms with Crippen molar-refractivity contribution in [1.82, 2.24) is 19.8 Å². The average molecular weight is 467 g/mol. The summed E-state index contributed by atoms with van der Waals surface area (Å²) in [6.07, 6.45) is 1.75. The average Bonchev–Trinajstić information content (AvgIpc) is 3.29. The summed E-state index contributed by atoms with van der Waals surface area (Å²) in [4.78, 5) is 16.2. The number of hydrogen-bond donors (Lipinski definition) is 1. The van der Waals surface area contributed by atoms with Gasteiger partial charge in [0.25, 0.3) is 10.0 Å². The standard InChI is InChI=1S/C19H26N6O4S2/c1-15(26)20-14-17-2-3-19(30-17)31(27,28)25-6-4-24(5-7-25)18-12-16(13-21-22-18)23-8-10-29-11-9-23/h2-3,12-13H,4-11,14H2,1H3,(H,20,26). The van der Waals surface area contributed by atoms with Crippen LogP contribution in [0.5, 0.6) is 0 Å². The molecule has 0 spiro atoms. The number of piperazine rings is 1. The van der Waals surface area contributed by atoms with Crippen LogP contribution in [0.2, 0.25) is 0 Å². The van der Waals surface area contributed by atoms with Gasteiger partial charge in [-0.2, -0.15) is 9.40 Å². The molecule has 1 N–H and O–H groups in total. The monoisotopic (exact) mass is 466 g/mol. The van der Waals surface area contributed by atoms with Crippen molar-refractivity contribution in [2.75, 3.05) is 62.3 Å². The summed E-state index contributed by atoms with van der Waals surface area (Å²) in [5, 5.41) is 11.1. The first-order valence-electron chi connectivity index (χ1n) is 10.2. The molecule has 2 saturated heterocycles. The van der Waals surface area contributed by atoms with Crippen LogP contribution in [0.25, 0.3) is 0 Å². The fourth-order valence-corrected chi connectivity index (χ4v) is 6.45. The van der Waals surface area contributed by atoms with Crippen LogP contribution in [0.4, 0.5) is 11.5 Å². The Kier molecular flexibility index (Phi) is 6.70. The van der Waals surface area contributed by atoms with Gasteiger partial charge in [0.1, 0.15) is 4.21 Å². The zero-order valence-corrected chi connectivity index (χ0v) is 19.0. The van der Waals surface area contributed by atoms with E-state index in [9.17, 15) is 13.2 Å². The number of aromatic nitrogens is 2. The van der Waals surface area contributed by atoms with Gasteiger partial charge in [0, 0.05) is 57.1 Å². The lowest BCUT2D eigenvalue weighted by atomic mass is 10.3. The molecule has 2 aliphatic heterocycles. The molecule has 168 valence electrons. The first kappa shape index (κ1) is 21.9. The van der Waals surface area contributed by atoms with Crippen LogP contribution in [0.1, 0.15) is 11.8 Å². The molecule has 0 atom stereocenters. The predicted octanol–water partition coefficient (Wildman–Crippen LogP) is 0.522. The lowest BCUT2D eigenvalue weighted by Crippen LogP contribution is -2.48. The van der Waals surface area contributed by atoms with Crippen LogP contribution in [-0.2, 0) is 26.1 Å². The number of carbonyl (C=O) groups is 1. The Labute approximate surface area is 185 Å². The number of carbonyl (C=O) groups excluding carboxylic acids is 1. The highest BCUT2D eigenvalue weighted by Crippen LogP contribution is 2.27. The van der Waals surface area contributed by atoms with Gasteiger partial charge < -0.3 is 19.9 Å². The number of ether oxygens (including phenoxy) is 1. The Morgan fingerprint density at radius 1 is 1.13 bits per heavy atom. The van der Waals surface area contributed by atoms with E-state index in [1.54, 1.807) is 18.3 Å². The minimum Gasteiger partial charge on any atom is -0.378 e. The lowest BCUT2D eigenvalue weighted by molar-refractivity contribution is -0.119. The van der Waals surface area contributed by atoms with Crippen molar-refractivity contribution in [2.24, 2.45) is 0 Å². The molecule has 31 heavy (non-hydrogen) atoms. The van der Waals surface area contributed by atoms with E-state index in [0.29, 0.717) is 50.1 Å². The summed E-state index contributed by atoms with van der Waals surface area (Å²) in [6.45, 7) is 6.66. The number of nitrogens with zero attached hydrogens (tertiary/aromatic N) is 5. The van der Waals surface area contributed by atoms with Crippen LogP contribution in [0.15, 0.2) is 28.6 Å². The van der Waals surface area contributed by atoms with Crippen molar-refractivity contribution in [3.63, 3.8) is 0 Å². The topological polar surface area (TPSA) is 108 Å². The fourth-order valence-electron chi connectivity index (χ4n) is 3.58. The maximum absolute atomic E-state index is 13.0. The first-order valence-corrected chi connectivity index (χ1v) is 12.4. The predicted molar refractivity (Wildman–Crippen MR) is 118 cm³/mol. The molecule has 0 aromatic carbocycles. The minimum atomic E-state index is -3.56. The summed E-state index contributed by atoms with van der Waals surface area (Å²) < 4.78 is 33.3. The lowest BCUT2D eigenvalue weighted by Gasteiger charge is -2.35. The maximum atomic E-state index is 13.0. The van der Waals surface area contributed by atoms with Crippen molar-refractivity contribution in [3.8, 4) is 0 Å². The van der Waals surface area contributed by atoms with Crippen molar-refractivity contribution in [1.29, 1.82) is 0 Å². The normalized spacial score (nSPS) is 18.2. The summed E-state index contributed by atoms with van der Waals surface area (Å²) in [5.41, 5.74) is 1.01. The van der Waals surface area contributed by atoms with E-state index >= 15 is 0 Å². The number of nitrogens with one attached hydrogen (secondary N) is 1. The largest absolute Gasteiger partial charge is 0.378 e. The molecule has 10 nitrogen and oxygen atoms in total. The van der Waals surface area contributed by atoms with Crippen LogP contribution in [0.3, 0.4) is 0 Å². The number of rotatable bonds is 6. The molecule has 2 aromatic heterocycles. The zero-order chi connectivity index (χ0) is 21.8. The van der Waals surface area contributed by atoms with Gasteiger partial charge in [-0.3, -0.25) is 4.79 Å². The number of anilines is 2. The van der Waals surface area contributed by atoms with Crippen LogP contribution < -0.4 is 15.1 Å². The van der Waals surface area contributed by atoms with E-state index in [1.165, 1.54) is 22.6 Å². The Hall–Kier alpha value is -2.28. The van der Waals surface area contributed by atoms with Crippen LogP contribution in [0, 0.1) is 0 Å². The number of hydrogen-bond acceptors (Lipinski definition) is 9. The van der Waals surface area contributed by atoms with E-state index in [0.717, 1.165) is 29.5 Å². The molecular formula is C19H26N6O4S2. The second-order valence-corrected chi connectivity index (χ2v) is 10.7. The Morgan fingerprint density at radius 3 is 2.58 bits per heavy atom. The smallest absolute Gasteiger partial charge is 0.252 e. The molecular weight excluding hydrogens is 440 g/mol. The Bertz CT molecular complexity index is 1010. The van der Waals surface area contributed by atoms with Gasteiger partial charge in [-0.15, -0.1) is 16.4 Å². The molecule has 12 heteroatoms. The van der Waals surface area contributed by atoms with Gasteiger partial charge in [-0.05, 0) is 12.1 Å². The maximum Gasteiger partial charge on any atom is 0.252 e.